The van der Waals surface area contributed by atoms with Gasteiger partial charge in [-0.15, -0.1) is 0 Å². The van der Waals surface area contributed by atoms with E-state index in [9.17, 15) is 66.4 Å². The Kier molecular flexibility index (Phi) is 17.6. The molecule has 9 fully saturated rings. The van der Waals surface area contributed by atoms with Gasteiger partial charge in [0.05, 0.1) is 44.1 Å². The lowest BCUT2D eigenvalue weighted by Crippen LogP contribution is -2.67. The fraction of sp³-hybridized carbons (Fsp3) is 0.947. The third kappa shape index (κ3) is 10.5. The molecule has 5 aliphatic heterocycles. The summed E-state index contributed by atoms with van der Waals surface area (Å²) in [5.41, 5.74) is -0.371. The van der Waals surface area contributed by atoms with Crippen LogP contribution in [0.5, 0.6) is 0 Å². The molecule has 24 nitrogen and oxygen atoms in total. The van der Waals surface area contributed by atoms with Crippen molar-refractivity contribution in [1.82, 2.24) is 0 Å². The first-order chi connectivity index (χ1) is 37.9. The number of allylic oxidation sites excluding steroid dienone is 2. The molecule has 10 rings (SSSR count). The van der Waals surface area contributed by atoms with Gasteiger partial charge in [-0.25, -0.2) is 0 Å². The number of ether oxygens (including phenoxy) is 10. The highest BCUT2D eigenvalue weighted by Gasteiger charge is 2.70. The Morgan fingerprint density at radius 2 is 1.12 bits per heavy atom. The van der Waals surface area contributed by atoms with E-state index in [4.69, 9.17) is 47.4 Å². The molecule has 464 valence electrons. The van der Waals surface area contributed by atoms with Crippen LogP contribution >= 0.6 is 0 Å². The highest BCUT2D eigenvalue weighted by Crippen LogP contribution is 2.76. The van der Waals surface area contributed by atoms with E-state index >= 15 is 4.79 Å². The molecule has 81 heavy (non-hydrogen) atoms. The Bertz CT molecular complexity index is 2250. The Hall–Kier alpha value is -1.67. The first kappa shape index (κ1) is 62.4. The number of aliphatic hydroxyl groups is 13. The van der Waals surface area contributed by atoms with E-state index in [1.165, 1.54) is 12.5 Å². The average Bonchev–Trinajstić information content (AvgIpc) is 1.15. The third-order valence-electron chi connectivity index (χ3n) is 22.3. The molecule has 0 bridgehead atoms. The summed E-state index contributed by atoms with van der Waals surface area (Å²) < 4.78 is 59.9. The largest absolute Gasteiger partial charge is 0.432 e. The van der Waals surface area contributed by atoms with Gasteiger partial charge in [-0.05, 0) is 116 Å². The maximum absolute atomic E-state index is 15.5. The maximum atomic E-state index is 15.5. The van der Waals surface area contributed by atoms with E-state index in [0.29, 0.717) is 24.7 Å². The van der Waals surface area contributed by atoms with Gasteiger partial charge >= 0.3 is 5.97 Å². The molecule has 5 heterocycles. The summed E-state index contributed by atoms with van der Waals surface area (Å²) in [5.74, 6) is -0.0142. The molecule has 0 aromatic heterocycles. The quantitative estimate of drug-likeness (QED) is 0.0848. The molecule has 24 heteroatoms. The Balaban J connectivity index is 0.905. The van der Waals surface area contributed by atoms with Gasteiger partial charge in [0.25, 0.3) is 0 Å². The summed E-state index contributed by atoms with van der Waals surface area (Å²) in [6.07, 6.45) is -27.9. The number of carbonyl (C=O) groups excluding carboxylic acids is 1. The summed E-state index contributed by atoms with van der Waals surface area (Å²) in [4.78, 5) is 15.5. The van der Waals surface area contributed by atoms with Crippen molar-refractivity contribution in [1.29, 1.82) is 0 Å². The van der Waals surface area contributed by atoms with Gasteiger partial charge in [0.15, 0.2) is 31.3 Å². The van der Waals surface area contributed by atoms with E-state index in [-0.39, 0.29) is 39.1 Å². The van der Waals surface area contributed by atoms with E-state index < -0.39 is 173 Å². The van der Waals surface area contributed by atoms with Gasteiger partial charge in [-0.2, -0.15) is 0 Å². The summed E-state index contributed by atoms with van der Waals surface area (Å²) in [6, 6.07) is 0. The molecule has 5 saturated heterocycles. The van der Waals surface area contributed by atoms with E-state index in [2.05, 4.69) is 54.5 Å². The standard InChI is InChI=1S/C57H92O24/c1-24-42(77-46-38(67)34(63)27(59)21-72-46)44(79-47-40(69)43(29(61)23-73-47)78-48-39(68)37(66)36(65)30(20-58)76-48)41(70)49(75-24)80-45-35(64)28(60)22-74-50(45)81-51(71)57-17-15-52(2,3)19-26(57)25-9-10-32-54(6)13-12-33(62)53(4,5)31(54)11-14-56(32,8)55(25,7)16-18-57/h9,24,26-50,58-70H,10-23H2,1-8H3. The number of aliphatic hydroxyl groups excluding tert-OH is 13. The Morgan fingerprint density at radius 3 is 1.81 bits per heavy atom. The highest BCUT2D eigenvalue weighted by atomic mass is 16.8. The fourth-order valence-corrected chi connectivity index (χ4v) is 17.0. The van der Waals surface area contributed by atoms with Crippen molar-refractivity contribution in [2.24, 2.45) is 50.2 Å². The van der Waals surface area contributed by atoms with Crippen molar-refractivity contribution in [2.45, 2.75) is 261 Å². The molecule has 0 aromatic carbocycles. The van der Waals surface area contributed by atoms with Crippen LogP contribution in [0, 0.1) is 50.2 Å². The van der Waals surface area contributed by atoms with Crippen LogP contribution in [0.3, 0.4) is 0 Å². The van der Waals surface area contributed by atoms with Crippen molar-refractivity contribution < 1.29 is 119 Å². The van der Waals surface area contributed by atoms with E-state index in [1.54, 1.807) is 0 Å². The lowest BCUT2D eigenvalue weighted by atomic mass is 9.33. The second kappa shape index (κ2) is 22.8. The van der Waals surface area contributed by atoms with E-state index in [0.717, 1.165) is 51.4 Å². The summed E-state index contributed by atoms with van der Waals surface area (Å²) in [7, 11) is 0. The molecule has 0 amide bonds. The van der Waals surface area contributed by atoms with Crippen LogP contribution in [0.1, 0.15) is 120 Å². The minimum Gasteiger partial charge on any atom is -0.432 e. The van der Waals surface area contributed by atoms with Crippen LogP contribution in [-0.4, -0.2) is 240 Å². The van der Waals surface area contributed by atoms with E-state index in [1.807, 2.05) is 0 Å². The fourth-order valence-electron chi connectivity index (χ4n) is 17.0. The van der Waals surface area contributed by atoms with Crippen LogP contribution in [0.25, 0.3) is 0 Å². The highest BCUT2D eigenvalue weighted by molar-refractivity contribution is 5.79. The zero-order chi connectivity index (χ0) is 58.8. The van der Waals surface area contributed by atoms with Gasteiger partial charge in [-0.3, -0.25) is 4.79 Å². The average molecular weight is 1160 g/mol. The lowest BCUT2D eigenvalue weighted by molar-refractivity contribution is -0.393. The lowest BCUT2D eigenvalue weighted by Gasteiger charge is -2.71. The topological polar surface area (TPSA) is 372 Å². The number of fused-ring (bicyclic) bond motifs is 7. The molecular formula is C57H92O24. The van der Waals surface area contributed by atoms with Crippen LogP contribution in [0.15, 0.2) is 11.6 Å². The molecule has 13 N–H and O–H groups in total. The van der Waals surface area contributed by atoms with Gasteiger partial charge in [0, 0.05) is 0 Å². The molecule has 5 aliphatic carbocycles. The SMILES string of the molecule is CC1OC(OC2C(OC(=O)C34CCC(C)(C)CC3C3=CCC5C6(C)CCC(O)C(C)(C)C6CCC5(C)C3(C)CC4)OCC(O)C2O)C(O)C(OC2OCC(O)C(OC3OC(CO)C(O)C(O)C3O)C2O)C1OC1OCC(O)C(O)C1O. The van der Waals surface area contributed by atoms with Crippen molar-refractivity contribution in [3.63, 3.8) is 0 Å². The molecule has 10 aliphatic rings. The predicted molar refractivity (Wildman–Crippen MR) is 276 cm³/mol. The summed E-state index contributed by atoms with van der Waals surface area (Å²) >= 11 is 0. The van der Waals surface area contributed by atoms with Crippen molar-refractivity contribution in [2.75, 3.05) is 26.4 Å². The predicted octanol–water partition coefficient (Wildman–Crippen LogP) is -1.27. The monoisotopic (exact) mass is 1160 g/mol. The number of hydrogen-bond donors (Lipinski definition) is 13. The van der Waals surface area contributed by atoms with Crippen molar-refractivity contribution >= 4 is 5.97 Å². The third-order valence-corrected chi connectivity index (χ3v) is 22.3. The number of rotatable bonds is 11. The van der Waals surface area contributed by atoms with Gasteiger partial charge < -0.3 is 114 Å². The van der Waals surface area contributed by atoms with Gasteiger partial charge in [0.1, 0.15) is 91.6 Å². The van der Waals surface area contributed by atoms with Crippen molar-refractivity contribution in [3.8, 4) is 0 Å². The second-order valence-corrected chi connectivity index (χ2v) is 27.7. The first-order valence-electron chi connectivity index (χ1n) is 29.4. The van der Waals surface area contributed by atoms with Crippen LogP contribution in [0.2, 0.25) is 0 Å². The minimum atomic E-state index is -2.03. The molecular weight excluding hydrogens is 1070 g/mol. The Labute approximate surface area is 472 Å². The maximum Gasteiger partial charge on any atom is 0.315 e. The van der Waals surface area contributed by atoms with Crippen LogP contribution < -0.4 is 0 Å². The molecule has 4 saturated carbocycles. The zero-order valence-corrected chi connectivity index (χ0v) is 47.8. The normalized spacial score (nSPS) is 54.4. The summed E-state index contributed by atoms with van der Waals surface area (Å²) in [5, 5.41) is 142. The van der Waals surface area contributed by atoms with Gasteiger partial charge in [0.2, 0.25) is 6.29 Å². The zero-order valence-electron chi connectivity index (χ0n) is 47.8. The molecule has 30 atom stereocenters. The molecule has 0 aromatic rings. The Morgan fingerprint density at radius 1 is 0.556 bits per heavy atom. The van der Waals surface area contributed by atoms with Crippen LogP contribution in [0.4, 0.5) is 0 Å². The minimum absolute atomic E-state index is 0.0132. The molecule has 0 spiro atoms. The number of hydrogen-bond acceptors (Lipinski definition) is 24. The second-order valence-electron chi connectivity index (χ2n) is 27.7. The number of esters is 1. The number of carbonyl (C=O) groups is 1. The molecule has 0 radical (unpaired) electrons. The van der Waals surface area contributed by atoms with Crippen molar-refractivity contribution in [3.05, 3.63) is 11.6 Å². The first-order valence-corrected chi connectivity index (χ1v) is 29.4. The molecule has 30 unspecified atom stereocenters. The smallest absolute Gasteiger partial charge is 0.315 e. The van der Waals surface area contributed by atoms with Gasteiger partial charge in [-0.1, -0.05) is 60.1 Å². The van der Waals surface area contributed by atoms with Crippen LogP contribution in [-0.2, 0) is 52.2 Å². The summed E-state index contributed by atoms with van der Waals surface area (Å²) in [6.45, 7) is 15.4.